The smallest absolute Gasteiger partial charge is 0.412 e. The second-order valence-corrected chi connectivity index (χ2v) is 9.81. The lowest BCUT2D eigenvalue weighted by atomic mass is 10.0. The topological polar surface area (TPSA) is 113 Å². The van der Waals surface area contributed by atoms with Crippen LogP contribution in [0.25, 0.3) is 11.4 Å². The quantitative estimate of drug-likeness (QED) is 0.154. The monoisotopic (exact) mass is 538 g/mol. The number of carbonyl (C=O) groups excluding carboxylic acids is 3. The molecule has 0 spiro atoms. The van der Waals surface area contributed by atoms with E-state index < -0.39 is 24.0 Å². The lowest BCUT2D eigenvalue weighted by Crippen LogP contribution is -2.27. The molecular weight excluding hydrogens is 511 g/mol. The maximum atomic E-state index is 13.2. The highest BCUT2D eigenvalue weighted by molar-refractivity contribution is 6.12. The van der Waals surface area contributed by atoms with Crippen LogP contribution in [0.15, 0.2) is 79.1 Å². The summed E-state index contributed by atoms with van der Waals surface area (Å²) in [7, 11) is 0. The van der Waals surface area contributed by atoms with Crippen molar-refractivity contribution in [3.8, 4) is 23.2 Å². The van der Waals surface area contributed by atoms with Gasteiger partial charge >= 0.3 is 6.09 Å². The van der Waals surface area contributed by atoms with Gasteiger partial charge in [0.15, 0.2) is 5.78 Å². The molecule has 4 aromatic rings. The van der Waals surface area contributed by atoms with Crippen molar-refractivity contribution < 1.29 is 23.5 Å². The third-order valence-electron chi connectivity index (χ3n) is 5.40. The molecule has 3 N–H and O–H groups in total. The van der Waals surface area contributed by atoms with E-state index in [1.165, 1.54) is 12.1 Å². The number of H-pyrrole nitrogens is 1. The van der Waals surface area contributed by atoms with E-state index in [1.807, 2.05) is 6.07 Å². The van der Waals surface area contributed by atoms with Gasteiger partial charge in [-0.3, -0.25) is 14.9 Å². The van der Waals surface area contributed by atoms with Crippen molar-refractivity contribution in [3.63, 3.8) is 0 Å². The van der Waals surface area contributed by atoms with Crippen LogP contribution in [0.3, 0.4) is 0 Å². The number of aromatic amines is 1. The molecule has 1 aromatic heterocycles. The Morgan fingerprint density at radius 1 is 0.925 bits per heavy atom. The average Bonchev–Trinajstić information content (AvgIpc) is 3.44. The number of halogens is 1. The maximum absolute atomic E-state index is 13.2. The first kappa shape index (κ1) is 27.8. The molecule has 0 radical (unpaired) electrons. The minimum absolute atomic E-state index is 0.235. The summed E-state index contributed by atoms with van der Waals surface area (Å²) in [6.45, 7) is 5.20. The second-order valence-electron chi connectivity index (χ2n) is 9.81. The number of hydrogen-bond donors (Lipinski definition) is 3. The number of hydrogen-bond acceptors (Lipinski definition) is 5. The molecule has 0 unspecified atom stereocenters. The van der Waals surface area contributed by atoms with Crippen molar-refractivity contribution in [3.05, 3.63) is 102 Å². The summed E-state index contributed by atoms with van der Waals surface area (Å²) in [6.07, 6.45) is 2.15. The van der Waals surface area contributed by atoms with Gasteiger partial charge in [0.25, 0.3) is 0 Å². The highest BCUT2D eigenvalue weighted by Crippen LogP contribution is 2.25. The lowest BCUT2D eigenvalue weighted by Gasteiger charge is -2.20. The van der Waals surface area contributed by atoms with Crippen LogP contribution < -0.4 is 10.6 Å². The number of imidazole rings is 1. The van der Waals surface area contributed by atoms with Gasteiger partial charge in [0, 0.05) is 34.6 Å². The lowest BCUT2D eigenvalue weighted by molar-refractivity contribution is -0.115. The van der Waals surface area contributed by atoms with Crippen molar-refractivity contribution in [1.29, 1.82) is 0 Å². The van der Waals surface area contributed by atoms with Gasteiger partial charge in [-0.1, -0.05) is 30.0 Å². The van der Waals surface area contributed by atoms with Crippen molar-refractivity contribution in [1.82, 2.24) is 9.97 Å². The third kappa shape index (κ3) is 7.88. The molecule has 0 aliphatic heterocycles. The van der Waals surface area contributed by atoms with Gasteiger partial charge in [-0.15, -0.1) is 0 Å². The summed E-state index contributed by atoms with van der Waals surface area (Å²) in [4.78, 5) is 45.4. The van der Waals surface area contributed by atoms with Gasteiger partial charge in [0.1, 0.15) is 17.2 Å². The fourth-order valence-corrected chi connectivity index (χ4v) is 3.63. The number of carbonyl (C=O) groups is 3. The number of rotatable bonds is 6. The Hall–Kier alpha value is -5.23. The molecule has 2 amide bonds. The zero-order valence-corrected chi connectivity index (χ0v) is 22.2. The SMILES string of the molecule is CC(C)(C)OC(=O)Nc1ccc(C#Cc2ccc(F)cc2)cc1NC(=O)CC(=O)c1cccc(-c2ncc[nH]2)c1. The van der Waals surface area contributed by atoms with Crippen LogP contribution in [0.5, 0.6) is 0 Å². The molecule has 9 heteroatoms. The van der Waals surface area contributed by atoms with Crippen LogP contribution in [0.2, 0.25) is 0 Å². The molecular formula is C31H27FN4O4. The number of ether oxygens (including phenoxy) is 1. The molecule has 0 saturated carbocycles. The number of anilines is 2. The highest BCUT2D eigenvalue weighted by atomic mass is 19.1. The number of amides is 2. The Labute approximate surface area is 231 Å². The van der Waals surface area contributed by atoms with Gasteiger partial charge < -0.3 is 15.0 Å². The summed E-state index contributed by atoms with van der Waals surface area (Å²) < 4.78 is 18.5. The summed E-state index contributed by atoms with van der Waals surface area (Å²) in [6, 6.07) is 17.3. The minimum Gasteiger partial charge on any atom is -0.444 e. The molecule has 0 bridgehead atoms. The standard InChI is InChI=1S/C31H27FN4O4/c1-31(2,3)40-30(39)36-25-14-11-21(8-7-20-9-12-24(32)13-10-20)17-26(25)35-28(38)19-27(37)22-5-4-6-23(18-22)29-33-15-16-34-29/h4-6,9-18H,19H2,1-3H3,(H,33,34)(H,35,38)(H,36,39). The van der Waals surface area contributed by atoms with E-state index in [9.17, 15) is 18.8 Å². The van der Waals surface area contributed by atoms with Gasteiger partial charge in [-0.05, 0) is 69.3 Å². The Kier molecular flexibility index (Phi) is 8.40. The molecule has 1 heterocycles. The summed E-state index contributed by atoms with van der Waals surface area (Å²) in [5.74, 6) is 5.16. The first-order chi connectivity index (χ1) is 19.1. The third-order valence-corrected chi connectivity index (χ3v) is 5.40. The van der Waals surface area contributed by atoms with Crippen LogP contribution in [0, 0.1) is 17.7 Å². The Morgan fingerprint density at radius 2 is 1.65 bits per heavy atom. The molecule has 0 fully saturated rings. The van der Waals surface area contributed by atoms with Crippen LogP contribution in [-0.4, -0.2) is 33.4 Å². The largest absolute Gasteiger partial charge is 0.444 e. The van der Waals surface area contributed by atoms with E-state index in [0.29, 0.717) is 28.1 Å². The van der Waals surface area contributed by atoms with Crippen molar-refractivity contribution in [2.75, 3.05) is 10.6 Å². The molecule has 0 saturated heterocycles. The van der Waals surface area contributed by atoms with E-state index in [4.69, 9.17) is 4.74 Å². The normalized spacial score (nSPS) is 10.7. The Bertz CT molecular complexity index is 1600. The summed E-state index contributed by atoms with van der Waals surface area (Å²) >= 11 is 0. The van der Waals surface area contributed by atoms with E-state index in [1.54, 1.807) is 81.7 Å². The summed E-state index contributed by atoms with van der Waals surface area (Å²) in [5, 5.41) is 5.33. The fourth-order valence-electron chi connectivity index (χ4n) is 3.63. The van der Waals surface area contributed by atoms with Crippen LogP contribution in [0.1, 0.15) is 48.7 Å². The van der Waals surface area contributed by atoms with Gasteiger partial charge in [-0.25, -0.2) is 14.2 Å². The molecule has 0 aliphatic carbocycles. The summed E-state index contributed by atoms with van der Waals surface area (Å²) in [5.41, 5.74) is 1.96. The molecule has 8 nitrogen and oxygen atoms in total. The Morgan fingerprint density at radius 3 is 2.35 bits per heavy atom. The molecule has 40 heavy (non-hydrogen) atoms. The van der Waals surface area contributed by atoms with Crippen molar-refractivity contribution in [2.24, 2.45) is 0 Å². The number of nitrogens with one attached hydrogen (secondary N) is 3. The van der Waals surface area contributed by atoms with E-state index in [0.717, 1.165) is 0 Å². The molecule has 0 atom stereocenters. The molecule has 4 rings (SSSR count). The average molecular weight is 539 g/mol. The van der Waals surface area contributed by atoms with Crippen LogP contribution >= 0.6 is 0 Å². The predicted octanol–water partition coefficient (Wildman–Crippen LogP) is 6.17. The zero-order chi connectivity index (χ0) is 28.7. The first-order valence-electron chi connectivity index (χ1n) is 12.4. The van der Waals surface area contributed by atoms with E-state index in [2.05, 4.69) is 32.4 Å². The van der Waals surface area contributed by atoms with Gasteiger partial charge in [0.05, 0.1) is 17.8 Å². The first-order valence-corrected chi connectivity index (χ1v) is 12.4. The minimum atomic E-state index is -0.731. The fraction of sp³-hybridized carbons (Fsp3) is 0.161. The highest BCUT2D eigenvalue weighted by Gasteiger charge is 2.19. The van der Waals surface area contributed by atoms with Crippen molar-refractivity contribution >= 4 is 29.2 Å². The van der Waals surface area contributed by atoms with Crippen LogP contribution in [0.4, 0.5) is 20.6 Å². The van der Waals surface area contributed by atoms with E-state index in [-0.39, 0.29) is 23.0 Å². The second kappa shape index (κ2) is 12.1. The maximum Gasteiger partial charge on any atom is 0.412 e. The number of Topliss-reactive ketones (excluding diaryl/α,β-unsaturated/α-hetero) is 1. The number of ketones is 1. The van der Waals surface area contributed by atoms with Crippen LogP contribution in [-0.2, 0) is 9.53 Å². The van der Waals surface area contributed by atoms with Gasteiger partial charge in [0.2, 0.25) is 5.91 Å². The van der Waals surface area contributed by atoms with E-state index >= 15 is 0 Å². The Balaban J connectivity index is 1.54. The predicted molar refractivity (Wildman–Crippen MR) is 150 cm³/mol. The number of benzene rings is 3. The molecule has 0 aliphatic rings. The number of nitrogens with zero attached hydrogens (tertiary/aromatic N) is 1. The molecule has 3 aromatic carbocycles. The van der Waals surface area contributed by atoms with Crippen molar-refractivity contribution in [2.45, 2.75) is 32.8 Å². The van der Waals surface area contributed by atoms with Gasteiger partial charge in [-0.2, -0.15) is 0 Å². The molecule has 202 valence electrons. The number of aromatic nitrogens is 2. The zero-order valence-electron chi connectivity index (χ0n) is 22.2.